The number of aliphatic hydroxyl groups is 1. The third-order valence-corrected chi connectivity index (χ3v) is 3.98. The molecule has 0 amide bonds. The van der Waals surface area contributed by atoms with Gasteiger partial charge in [-0.3, -0.25) is 4.98 Å². The fourth-order valence-corrected chi connectivity index (χ4v) is 2.73. The predicted molar refractivity (Wildman–Crippen MR) is 83.7 cm³/mol. The highest BCUT2D eigenvalue weighted by Gasteiger charge is 2.23. The Bertz CT molecular complexity index is 573. The summed E-state index contributed by atoms with van der Waals surface area (Å²) in [4.78, 5) is 4.05. The number of nitrogens with zero attached hydrogens (tertiary/aromatic N) is 1. The van der Waals surface area contributed by atoms with Crippen molar-refractivity contribution in [2.24, 2.45) is 5.92 Å². The molecule has 3 rings (SSSR count). The molecule has 2 heterocycles. The average molecular weight is 283 g/mol. The van der Waals surface area contributed by atoms with Crippen molar-refractivity contribution in [3.05, 3.63) is 54.4 Å². The van der Waals surface area contributed by atoms with Gasteiger partial charge in [-0.05, 0) is 34.9 Å². The van der Waals surface area contributed by atoms with E-state index in [0.29, 0.717) is 12.5 Å². The summed E-state index contributed by atoms with van der Waals surface area (Å²) >= 11 is 0. The van der Waals surface area contributed by atoms with Gasteiger partial charge in [-0.15, -0.1) is 0 Å². The van der Waals surface area contributed by atoms with Gasteiger partial charge in [0.25, 0.3) is 0 Å². The van der Waals surface area contributed by atoms with Gasteiger partial charge in [0.2, 0.25) is 0 Å². The van der Waals surface area contributed by atoms with Crippen molar-refractivity contribution in [2.75, 3.05) is 19.6 Å². The van der Waals surface area contributed by atoms with E-state index >= 15 is 0 Å². The second kappa shape index (κ2) is 6.80. The van der Waals surface area contributed by atoms with Crippen LogP contribution in [-0.2, 0) is 6.54 Å². The first-order valence-electron chi connectivity index (χ1n) is 7.42. The third kappa shape index (κ3) is 3.67. The predicted octanol–water partition coefficient (Wildman–Crippen LogP) is 1.42. The molecule has 3 N–H and O–H groups in total. The van der Waals surface area contributed by atoms with Gasteiger partial charge >= 0.3 is 0 Å². The maximum Gasteiger partial charge on any atom is 0.0716 e. The molecule has 0 saturated carbocycles. The molecule has 1 aliphatic heterocycles. The number of hydrogen-bond donors (Lipinski definition) is 3. The van der Waals surface area contributed by atoms with E-state index in [-0.39, 0.29) is 6.10 Å². The molecule has 110 valence electrons. The average Bonchev–Trinajstić information content (AvgIpc) is 2.94. The van der Waals surface area contributed by atoms with Crippen LogP contribution in [-0.4, -0.2) is 35.8 Å². The highest BCUT2D eigenvalue weighted by Crippen LogP contribution is 2.19. The van der Waals surface area contributed by atoms with Crippen molar-refractivity contribution < 1.29 is 5.11 Å². The SMILES string of the molecule is OC1CNCC1CNCc1cccc(-c2ccncc2)c1. The first kappa shape index (κ1) is 14.2. The lowest BCUT2D eigenvalue weighted by Gasteiger charge is -2.14. The van der Waals surface area contributed by atoms with Crippen molar-refractivity contribution in [3.8, 4) is 11.1 Å². The molecule has 1 saturated heterocycles. The van der Waals surface area contributed by atoms with Crippen molar-refractivity contribution in [2.45, 2.75) is 12.6 Å². The lowest BCUT2D eigenvalue weighted by atomic mass is 10.0. The largest absolute Gasteiger partial charge is 0.391 e. The summed E-state index contributed by atoms with van der Waals surface area (Å²) in [7, 11) is 0. The topological polar surface area (TPSA) is 57.2 Å². The van der Waals surface area contributed by atoms with Crippen LogP contribution in [0.5, 0.6) is 0 Å². The van der Waals surface area contributed by atoms with E-state index in [0.717, 1.165) is 19.6 Å². The number of β-amino-alcohol motifs (C(OH)–C–C–N with tert-alkyl or cyclic N) is 1. The van der Waals surface area contributed by atoms with Crippen LogP contribution in [0.3, 0.4) is 0 Å². The zero-order valence-corrected chi connectivity index (χ0v) is 12.0. The molecular weight excluding hydrogens is 262 g/mol. The van der Waals surface area contributed by atoms with Gasteiger partial charge in [-0.1, -0.05) is 18.2 Å². The lowest BCUT2D eigenvalue weighted by Crippen LogP contribution is -2.30. The summed E-state index contributed by atoms with van der Waals surface area (Å²) in [6.07, 6.45) is 3.41. The van der Waals surface area contributed by atoms with Crippen LogP contribution < -0.4 is 10.6 Å². The molecule has 1 fully saturated rings. The highest BCUT2D eigenvalue weighted by molar-refractivity contribution is 5.63. The zero-order valence-electron chi connectivity index (χ0n) is 12.0. The van der Waals surface area contributed by atoms with Gasteiger partial charge < -0.3 is 15.7 Å². The summed E-state index contributed by atoms with van der Waals surface area (Å²) in [5.41, 5.74) is 3.64. The summed E-state index contributed by atoms with van der Waals surface area (Å²) in [5, 5.41) is 16.4. The third-order valence-electron chi connectivity index (χ3n) is 3.98. The Hall–Kier alpha value is -1.75. The Balaban J connectivity index is 1.59. The minimum absolute atomic E-state index is 0.222. The molecule has 0 radical (unpaired) electrons. The number of rotatable bonds is 5. The van der Waals surface area contributed by atoms with Gasteiger partial charge in [0.05, 0.1) is 6.10 Å². The second-order valence-corrected chi connectivity index (χ2v) is 5.55. The number of hydrogen-bond acceptors (Lipinski definition) is 4. The van der Waals surface area contributed by atoms with Crippen molar-refractivity contribution in [1.82, 2.24) is 15.6 Å². The standard InChI is InChI=1S/C17H21N3O/c21-17-12-20-11-16(17)10-19-9-13-2-1-3-15(8-13)14-4-6-18-7-5-14/h1-8,16-17,19-21H,9-12H2. The molecule has 1 aliphatic rings. The van der Waals surface area contributed by atoms with Crippen LogP contribution in [0.15, 0.2) is 48.8 Å². The first-order valence-corrected chi connectivity index (χ1v) is 7.42. The minimum Gasteiger partial charge on any atom is -0.391 e. The normalized spacial score (nSPS) is 21.6. The molecule has 1 aromatic carbocycles. The van der Waals surface area contributed by atoms with E-state index in [1.807, 2.05) is 24.5 Å². The number of pyridine rings is 1. The molecular formula is C17H21N3O. The Kier molecular flexibility index (Phi) is 4.60. The number of aromatic nitrogens is 1. The van der Waals surface area contributed by atoms with Gasteiger partial charge in [-0.2, -0.15) is 0 Å². The van der Waals surface area contributed by atoms with Crippen LogP contribution in [0.1, 0.15) is 5.56 Å². The van der Waals surface area contributed by atoms with E-state index in [1.165, 1.54) is 16.7 Å². The summed E-state index contributed by atoms with van der Waals surface area (Å²) in [6.45, 7) is 3.27. The van der Waals surface area contributed by atoms with Crippen LogP contribution in [0.25, 0.3) is 11.1 Å². The van der Waals surface area contributed by atoms with Crippen LogP contribution in [0, 0.1) is 5.92 Å². The van der Waals surface area contributed by atoms with Gasteiger partial charge in [0, 0.05) is 44.5 Å². The van der Waals surface area contributed by atoms with Gasteiger partial charge in [0.15, 0.2) is 0 Å². The van der Waals surface area contributed by atoms with Gasteiger partial charge in [-0.25, -0.2) is 0 Å². The van der Waals surface area contributed by atoms with Gasteiger partial charge in [0.1, 0.15) is 0 Å². The quantitative estimate of drug-likeness (QED) is 0.777. The fourth-order valence-electron chi connectivity index (χ4n) is 2.73. The van der Waals surface area contributed by atoms with E-state index in [1.54, 1.807) is 0 Å². The monoisotopic (exact) mass is 283 g/mol. The van der Waals surface area contributed by atoms with Crippen molar-refractivity contribution in [3.63, 3.8) is 0 Å². The molecule has 0 bridgehead atoms. The van der Waals surface area contributed by atoms with E-state index < -0.39 is 0 Å². The Morgan fingerprint density at radius 3 is 2.76 bits per heavy atom. The molecule has 4 heteroatoms. The van der Waals surface area contributed by atoms with E-state index in [4.69, 9.17) is 0 Å². The Labute approximate surface area is 125 Å². The summed E-state index contributed by atoms with van der Waals surface area (Å²) in [5.74, 6) is 0.313. The summed E-state index contributed by atoms with van der Waals surface area (Å²) < 4.78 is 0. The molecule has 21 heavy (non-hydrogen) atoms. The molecule has 2 atom stereocenters. The Morgan fingerprint density at radius 2 is 2.00 bits per heavy atom. The maximum absolute atomic E-state index is 9.77. The first-order chi connectivity index (χ1) is 10.3. The number of aliphatic hydroxyl groups excluding tert-OH is 1. The lowest BCUT2D eigenvalue weighted by molar-refractivity contribution is 0.146. The second-order valence-electron chi connectivity index (χ2n) is 5.55. The number of benzene rings is 1. The molecule has 0 aliphatic carbocycles. The molecule has 2 unspecified atom stereocenters. The smallest absolute Gasteiger partial charge is 0.0716 e. The maximum atomic E-state index is 9.77. The van der Waals surface area contributed by atoms with Crippen LogP contribution in [0.2, 0.25) is 0 Å². The number of nitrogens with one attached hydrogen (secondary N) is 2. The van der Waals surface area contributed by atoms with Crippen molar-refractivity contribution >= 4 is 0 Å². The minimum atomic E-state index is -0.222. The Morgan fingerprint density at radius 1 is 1.14 bits per heavy atom. The molecule has 1 aromatic heterocycles. The van der Waals surface area contributed by atoms with Crippen LogP contribution >= 0.6 is 0 Å². The van der Waals surface area contributed by atoms with Crippen LogP contribution in [0.4, 0.5) is 0 Å². The van der Waals surface area contributed by atoms with E-state index in [9.17, 15) is 5.11 Å². The highest BCUT2D eigenvalue weighted by atomic mass is 16.3. The molecule has 4 nitrogen and oxygen atoms in total. The van der Waals surface area contributed by atoms with E-state index in [2.05, 4.69) is 39.9 Å². The fraction of sp³-hybridized carbons (Fsp3) is 0.353. The zero-order chi connectivity index (χ0) is 14.5. The molecule has 0 spiro atoms. The van der Waals surface area contributed by atoms with Crippen molar-refractivity contribution in [1.29, 1.82) is 0 Å². The summed E-state index contributed by atoms with van der Waals surface area (Å²) in [6, 6.07) is 12.6. The molecule has 2 aromatic rings.